The van der Waals surface area contributed by atoms with Crippen LogP contribution in [0.1, 0.15) is 32.6 Å². The van der Waals surface area contributed by atoms with Crippen LogP contribution in [0.2, 0.25) is 0 Å². The number of rotatable bonds is 5. The minimum absolute atomic E-state index is 0.422. The lowest BCUT2D eigenvalue weighted by atomic mass is 10.1. The molecule has 0 saturated carbocycles. The maximum absolute atomic E-state index is 11.2. The van der Waals surface area contributed by atoms with Crippen molar-refractivity contribution in [2.75, 3.05) is 7.05 Å². The average Bonchev–Trinajstić information content (AvgIpc) is 2.56. The number of carbonyl (C=O) groups excluding carboxylic acids is 1. The van der Waals surface area contributed by atoms with E-state index in [-0.39, 0.29) is 0 Å². The molecule has 0 atom stereocenters. The number of primary amides is 1. The quantitative estimate of drug-likeness (QED) is 0.583. The van der Waals surface area contributed by atoms with Crippen LogP contribution in [0.25, 0.3) is 0 Å². The van der Waals surface area contributed by atoms with Crippen LogP contribution >= 0.6 is 0 Å². The maximum Gasteiger partial charge on any atom is 0.248 e. The Labute approximate surface area is 143 Å². The second-order valence-electron chi connectivity index (χ2n) is 5.77. The van der Waals surface area contributed by atoms with E-state index in [0.29, 0.717) is 24.6 Å². The number of aryl methyl sites for hydroxylation is 2. The highest BCUT2D eigenvalue weighted by atomic mass is 16.1. The molecular formula is C19H24N4O. The Morgan fingerprint density at radius 1 is 1.08 bits per heavy atom. The number of amides is 1. The summed E-state index contributed by atoms with van der Waals surface area (Å²) in [6, 6.07) is 13.7. The highest BCUT2D eigenvalue weighted by molar-refractivity contribution is 5.92. The summed E-state index contributed by atoms with van der Waals surface area (Å²) in [4.78, 5) is 15.5. The molecule has 0 unspecified atom stereocenters. The molecule has 0 bridgehead atoms. The molecule has 2 rings (SSSR count). The number of guanidine groups is 1. The minimum atomic E-state index is -0.422. The van der Waals surface area contributed by atoms with Gasteiger partial charge in [-0.2, -0.15) is 0 Å². The van der Waals surface area contributed by atoms with Gasteiger partial charge in [-0.1, -0.05) is 35.9 Å². The van der Waals surface area contributed by atoms with Crippen molar-refractivity contribution in [2.24, 2.45) is 10.7 Å². The summed E-state index contributed by atoms with van der Waals surface area (Å²) < 4.78 is 0. The van der Waals surface area contributed by atoms with Gasteiger partial charge in [-0.15, -0.1) is 0 Å². The second kappa shape index (κ2) is 8.15. The van der Waals surface area contributed by atoms with Crippen molar-refractivity contribution in [2.45, 2.75) is 26.9 Å². The first-order chi connectivity index (χ1) is 11.5. The van der Waals surface area contributed by atoms with E-state index in [1.165, 1.54) is 16.7 Å². The van der Waals surface area contributed by atoms with Crippen LogP contribution in [0.5, 0.6) is 0 Å². The number of nitrogens with one attached hydrogen (secondary N) is 2. The van der Waals surface area contributed by atoms with Crippen molar-refractivity contribution < 1.29 is 4.79 Å². The third kappa shape index (κ3) is 4.84. The van der Waals surface area contributed by atoms with Gasteiger partial charge in [0.15, 0.2) is 5.96 Å². The molecule has 126 valence electrons. The molecule has 0 radical (unpaired) electrons. The van der Waals surface area contributed by atoms with Gasteiger partial charge in [0.05, 0.1) is 0 Å². The lowest BCUT2D eigenvalue weighted by Crippen LogP contribution is -2.36. The highest BCUT2D eigenvalue weighted by Crippen LogP contribution is 2.10. The molecule has 24 heavy (non-hydrogen) atoms. The molecule has 0 aromatic heterocycles. The van der Waals surface area contributed by atoms with Crippen LogP contribution in [0, 0.1) is 13.8 Å². The van der Waals surface area contributed by atoms with Crippen molar-refractivity contribution in [3.63, 3.8) is 0 Å². The first-order valence-corrected chi connectivity index (χ1v) is 7.89. The zero-order chi connectivity index (χ0) is 17.5. The largest absolute Gasteiger partial charge is 0.366 e. The summed E-state index contributed by atoms with van der Waals surface area (Å²) >= 11 is 0. The number of hydrogen-bond donors (Lipinski definition) is 3. The third-order valence-corrected chi connectivity index (χ3v) is 3.84. The molecule has 5 nitrogen and oxygen atoms in total. The van der Waals surface area contributed by atoms with Crippen molar-refractivity contribution >= 4 is 11.9 Å². The van der Waals surface area contributed by atoms with Gasteiger partial charge in [-0.3, -0.25) is 9.79 Å². The summed E-state index contributed by atoms with van der Waals surface area (Å²) in [5.74, 6) is 0.286. The van der Waals surface area contributed by atoms with Crippen LogP contribution in [0.4, 0.5) is 0 Å². The van der Waals surface area contributed by atoms with E-state index < -0.39 is 5.91 Å². The highest BCUT2D eigenvalue weighted by Gasteiger charge is 2.04. The summed E-state index contributed by atoms with van der Waals surface area (Å²) in [5, 5.41) is 6.54. The number of nitrogens with zero attached hydrogens (tertiary/aromatic N) is 1. The van der Waals surface area contributed by atoms with Gasteiger partial charge in [0, 0.05) is 25.7 Å². The average molecular weight is 324 g/mol. The van der Waals surface area contributed by atoms with Crippen LogP contribution < -0.4 is 16.4 Å². The molecular weight excluding hydrogens is 300 g/mol. The van der Waals surface area contributed by atoms with E-state index in [2.05, 4.69) is 47.7 Å². The molecule has 0 aliphatic carbocycles. The molecule has 5 heteroatoms. The van der Waals surface area contributed by atoms with Crippen molar-refractivity contribution in [1.29, 1.82) is 0 Å². The van der Waals surface area contributed by atoms with Crippen molar-refractivity contribution in [1.82, 2.24) is 10.6 Å². The van der Waals surface area contributed by atoms with Gasteiger partial charge >= 0.3 is 0 Å². The van der Waals surface area contributed by atoms with E-state index >= 15 is 0 Å². The first-order valence-electron chi connectivity index (χ1n) is 7.89. The van der Waals surface area contributed by atoms with Gasteiger partial charge in [0.1, 0.15) is 0 Å². The van der Waals surface area contributed by atoms with E-state index in [1.807, 2.05) is 12.1 Å². The predicted molar refractivity (Wildman–Crippen MR) is 97.9 cm³/mol. The molecule has 0 aliphatic rings. The fourth-order valence-corrected chi connectivity index (χ4v) is 2.46. The Morgan fingerprint density at radius 3 is 2.50 bits per heavy atom. The minimum Gasteiger partial charge on any atom is -0.366 e. The maximum atomic E-state index is 11.2. The lowest BCUT2D eigenvalue weighted by molar-refractivity contribution is 0.1000. The van der Waals surface area contributed by atoms with Gasteiger partial charge in [0.25, 0.3) is 0 Å². The number of nitrogens with two attached hydrogens (primary N) is 1. The van der Waals surface area contributed by atoms with Crippen LogP contribution in [0.3, 0.4) is 0 Å². The number of benzene rings is 2. The molecule has 0 saturated heterocycles. The Kier molecular flexibility index (Phi) is 5.95. The molecule has 2 aromatic carbocycles. The second-order valence-corrected chi connectivity index (χ2v) is 5.77. The molecule has 4 N–H and O–H groups in total. The van der Waals surface area contributed by atoms with Gasteiger partial charge < -0.3 is 16.4 Å². The van der Waals surface area contributed by atoms with Crippen LogP contribution in [-0.4, -0.2) is 18.9 Å². The van der Waals surface area contributed by atoms with Crippen LogP contribution in [-0.2, 0) is 13.1 Å². The lowest BCUT2D eigenvalue weighted by Gasteiger charge is -2.14. The molecule has 0 aliphatic heterocycles. The standard InChI is InChI=1S/C19H24N4O/c1-13-7-8-17(14(2)9-13)12-23-19(21-3)22-11-15-5-4-6-16(10-15)18(20)24/h4-10H,11-12H2,1-3H3,(H2,20,24)(H2,21,22,23). The monoisotopic (exact) mass is 324 g/mol. The van der Waals surface area contributed by atoms with E-state index in [1.54, 1.807) is 19.2 Å². The normalized spacial score (nSPS) is 11.2. The zero-order valence-corrected chi connectivity index (χ0v) is 14.4. The number of carbonyl (C=O) groups is 1. The predicted octanol–water partition coefficient (Wildman–Crippen LogP) is 2.27. The molecule has 0 spiro atoms. The van der Waals surface area contributed by atoms with E-state index in [4.69, 9.17) is 5.73 Å². The van der Waals surface area contributed by atoms with E-state index in [9.17, 15) is 4.79 Å². The van der Waals surface area contributed by atoms with Crippen molar-refractivity contribution in [3.8, 4) is 0 Å². The van der Waals surface area contributed by atoms with E-state index in [0.717, 1.165) is 5.56 Å². The molecule has 0 fully saturated rings. The topological polar surface area (TPSA) is 79.5 Å². The fourth-order valence-electron chi connectivity index (χ4n) is 2.46. The smallest absolute Gasteiger partial charge is 0.248 e. The SMILES string of the molecule is CN=C(NCc1cccc(C(N)=O)c1)NCc1ccc(C)cc1C. The van der Waals surface area contributed by atoms with Crippen molar-refractivity contribution in [3.05, 3.63) is 70.3 Å². The van der Waals surface area contributed by atoms with Gasteiger partial charge in [0.2, 0.25) is 5.91 Å². The van der Waals surface area contributed by atoms with Crippen LogP contribution in [0.15, 0.2) is 47.5 Å². The number of hydrogen-bond acceptors (Lipinski definition) is 2. The Balaban J connectivity index is 1.93. The Morgan fingerprint density at radius 2 is 1.83 bits per heavy atom. The van der Waals surface area contributed by atoms with Gasteiger partial charge in [-0.25, -0.2) is 0 Å². The Hall–Kier alpha value is -2.82. The molecule has 0 heterocycles. The molecule has 2 aromatic rings. The van der Waals surface area contributed by atoms with Gasteiger partial charge in [-0.05, 0) is 42.7 Å². The Bertz CT molecular complexity index is 753. The number of aliphatic imine (C=N–C) groups is 1. The zero-order valence-electron chi connectivity index (χ0n) is 14.4. The first kappa shape index (κ1) is 17.5. The molecule has 1 amide bonds. The third-order valence-electron chi connectivity index (χ3n) is 3.84. The fraction of sp³-hybridized carbons (Fsp3) is 0.263. The summed E-state index contributed by atoms with van der Waals surface area (Å²) in [7, 11) is 1.73. The summed E-state index contributed by atoms with van der Waals surface area (Å²) in [6.45, 7) is 5.46. The summed E-state index contributed by atoms with van der Waals surface area (Å²) in [5.41, 5.74) is 10.5. The summed E-state index contributed by atoms with van der Waals surface area (Å²) in [6.07, 6.45) is 0.